The van der Waals surface area contributed by atoms with Crippen LogP contribution in [0.1, 0.15) is 15.9 Å². The summed E-state index contributed by atoms with van der Waals surface area (Å²) in [7, 11) is -0.870. The summed E-state index contributed by atoms with van der Waals surface area (Å²) in [5.41, 5.74) is 2.07. The Morgan fingerprint density at radius 2 is 1.44 bits per heavy atom. The molecule has 7 nitrogen and oxygen atoms in total. The van der Waals surface area contributed by atoms with Crippen LogP contribution in [0.5, 0.6) is 11.5 Å². The zero-order valence-corrected chi connectivity index (χ0v) is 19.8. The predicted octanol–water partition coefficient (Wildman–Crippen LogP) is 5.22. The lowest BCUT2D eigenvalue weighted by molar-refractivity contribution is 0.102. The standard InChI is InChI=1S/C26H24N2O5S/c1-17-8-13-24(32-2)23(14-17)28-34(30,31)21-11-9-20(10-12-21)27-26(29)22-15-18-6-4-5-7-19(18)16-25(22)33-3/h4-16,28H,1-3H3,(H,27,29). The summed E-state index contributed by atoms with van der Waals surface area (Å²) in [6.45, 7) is 1.86. The van der Waals surface area contributed by atoms with Gasteiger partial charge >= 0.3 is 0 Å². The highest BCUT2D eigenvalue weighted by atomic mass is 32.2. The van der Waals surface area contributed by atoms with Crippen LogP contribution in [-0.2, 0) is 10.0 Å². The van der Waals surface area contributed by atoms with Gasteiger partial charge in [-0.1, -0.05) is 30.3 Å². The Hall–Kier alpha value is -4.04. The van der Waals surface area contributed by atoms with E-state index in [1.54, 1.807) is 18.2 Å². The zero-order chi connectivity index (χ0) is 24.3. The lowest BCUT2D eigenvalue weighted by Crippen LogP contribution is -2.15. The molecule has 2 N–H and O–H groups in total. The molecule has 0 unspecified atom stereocenters. The van der Waals surface area contributed by atoms with Crippen molar-refractivity contribution in [1.29, 1.82) is 0 Å². The summed E-state index contributed by atoms with van der Waals surface area (Å²) in [5.74, 6) is 0.509. The maximum atomic E-state index is 12.9. The fourth-order valence-electron chi connectivity index (χ4n) is 3.59. The molecule has 0 radical (unpaired) electrons. The number of carbonyl (C=O) groups excluding carboxylic acids is 1. The van der Waals surface area contributed by atoms with Crippen LogP contribution in [0.3, 0.4) is 0 Å². The Bertz CT molecular complexity index is 1460. The maximum absolute atomic E-state index is 12.9. The van der Waals surface area contributed by atoms with E-state index in [0.717, 1.165) is 16.3 Å². The number of sulfonamides is 1. The van der Waals surface area contributed by atoms with Gasteiger partial charge in [0, 0.05) is 5.69 Å². The van der Waals surface area contributed by atoms with E-state index in [2.05, 4.69) is 10.0 Å². The number of methoxy groups -OCH3 is 2. The summed E-state index contributed by atoms with van der Waals surface area (Å²) >= 11 is 0. The molecule has 0 aliphatic heterocycles. The van der Waals surface area contributed by atoms with E-state index in [1.165, 1.54) is 38.5 Å². The number of hydrogen-bond donors (Lipinski definition) is 2. The molecule has 4 rings (SSSR count). The number of ether oxygens (including phenoxy) is 2. The second-order valence-corrected chi connectivity index (χ2v) is 9.37. The van der Waals surface area contributed by atoms with Gasteiger partial charge in [-0.15, -0.1) is 0 Å². The van der Waals surface area contributed by atoms with Gasteiger partial charge in [0.2, 0.25) is 0 Å². The molecule has 0 aromatic heterocycles. The third-order valence-electron chi connectivity index (χ3n) is 5.33. The van der Waals surface area contributed by atoms with Crippen molar-refractivity contribution in [3.8, 4) is 11.5 Å². The Morgan fingerprint density at radius 3 is 2.09 bits per heavy atom. The van der Waals surface area contributed by atoms with Crippen LogP contribution in [0.15, 0.2) is 83.8 Å². The number of hydrogen-bond acceptors (Lipinski definition) is 5. The lowest BCUT2D eigenvalue weighted by atomic mass is 10.1. The van der Waals surface area contributed by atoms with Gasteiger partial charge in [0.15, 0.2) is 0 Å². The minimum Gasteiger partial charge on any atom is -0.496 e. The molecule has 0 saturated carbocycles. The van der Waals surface area contributed by atoms with Crippen molar-refractivity contribution >= 4 is 38.1 Å². The molecule has 0 fully saturated rings. The van der Waals surface area contributed by atoms with E-state index in [9.17, 15) is 13.2 Å². The Labute approximate surface area is 198 Å². The van der Waals surface area contributed by atoms with Crippen molar-refractivity contribution in [2.75, 3.05) is 24.3 Å². The fourth-order valence-corrected chi connectivity index (χ4v) is 4.65. The molecule has 0 aliphatic rings. The van der Waals surface area contributed by atoms with E-state index in [1.807, 2.05) is 43.3 Å². The van der Waals surface area contributed by atoms with E-state index in [4.69, 9.17) is 9.47 Å². The van der Waals surface area contributed by atoms with Crippen molar-refractivity contribution in [1.82, 2.24) is 0 Å². The molecule has 4 aromatic carbocycles. The zero-order valence-electron chi connectivity index (χ0n) is 19.0. The van der Waals surface area contributed by atoms with Crippen molar-refractivity contribution in [3.05, 3.63) is 90.0 Å². The third-order valence-corrected chi connectivity index (χ3v) is 6.72. The van der Waals surface area contributed by atoms with Crippen LogP contribution in [-0.4, -0.2) is 28.5 Å². The second kappa shape index (κ2) is 9.44. The van der Waals surface area contributed by atoms with E-state index >= 15 is 0 Å². The lowest BCUT2D eigenvalue weighted by Gasteiger charge is -2.13. The van der Waals surface area contributed by atoms with Crippen LogP contribution in [0, 0.1) is 6.92 Å². The molecule has 0 bridgehead atoms. The minimum absolute atomic E-state index is 0.0531. The summed E-state index contributed by atoms with van der Waals surface area (Å²) in [6, 6.07) is 22.4. The van der Waals surface area contributed by atoms with Crippen molar-refractivity contribution < 1.29 is 22.7 Å². The summed E-state index contributed by atoms with van der Waals surface area (Å²) < 4.78 is 39.0. The molecule has 0 aliphatic carbocycles. The summed E-state index contributed by atoms with van der Waals surface area (Å²) in [6.07, 6.45) is 0. The number of nitrogens with one attached hydrogen (secondary N) is 2. The highest BCUT2D eigenvalue weighted by molar-refractivity contribution is 7.92. The van der Waals surface area contributed by atoms with Crippen LogP contribution < -0.4 is 19.5 Å². The Morgan fingerprint density at radius 1 is 0.794 bits per heavy atom. The minimum atomic E-state index is -3.86. The van der Waals surface area contributed by atoms with Gasteiger partial charge in [-0.2, -0.15) is 0 Å². The molecule has 34 heavy (non-hydrogen) atoms. The first-order chi connectivity index (χ1) is 16.3. The molecule has 0 saturated heterocycles. The van der Waals surface area contributed by atoms with Gasteiger partial charge in [-0.3, -0.25) is 9.52 Å². The summed E-state index contributed by atoms with van der Waals surface area (Å²) in [5, 5.41) is 4.67. The van der Waals surface area contributed by atoms with Crippen LogP contribution in [0.2, 0.25) is 0 Å². The molecular formula is C26H24N2O5S. The first kappa shape index (κ1) is 23.1. The van der Waals surface area contributed by atoms with Gasteiger partial charge < -0.3 is 14.8 Å². The molecule has 8 heteroatoms. The quantitative estimate of drug-likeness (QED) is 0.382. The second-order valence-electron chi connectivity index (χ2n) is 7.69. The molecular weight excluding hydrogens is 452 g/mol. The van der Waals surface area contributed by atoms with Crippen molar-refractivity contribution in [2.24, 2.45) is 0 Å². The van der Waals surface area contributed by atoms with Gasteiger partial charge in [0.05, 0.1) is 30.4 Å². The highest BCUT2D eigenvalue weighted by Gasteiger charge is 2.18. The monoisotopic (exact) mass is 476 g/mol. The van der Waals surface area contributed by atoms with Crippen molar-refractivity contribution in [2.45, 2.75) is 11.8 Å². The number of aryl methyl sites for hydroxylation is 1. The van der Waals surface area contributed by atoms with E-state index in [-0.39, 0.29) is 10.8 Å². The molecule has 0 spiro atoms. The highest BCUT2D eigenvalue weighted by Crippen LogP contribution is 2.29. The average Bonchev–Trinajstić information content (AvgIpc) is 2.83. The number of fused-ring (bicyclic) bond motifs is 1. The van der Waals surface area contributed by atoms with Gasteiger partial charge in [0.25, 0.3) is 15.9 Å². The topological polar surface area (TPSA) is 93.7 Å². The van der Waals surface area contributed by atoms with E-state index < -0.39 is 10.0 Å². The number of carbonyl (C=O) groups is 1. The van der Waals surface area contributed by atoms with Gasteiger partial charge in [-0.05, 0) is 71.8 Å². The average molecular weight is 477 g/mol. The molecule has 174 valence electrons. The maximum Gasteiger partial charge on any atom is 0.262 e. The van der Waals surface area contributed by atoms with Crippen LogP contribution in [0.4, 0.5) is 11.4 Å². The number of amides is 1. The van der Waals surface area contributed by atoms with Gasteiger partial charge in [0.1, 0.15) is 11.5 Å². The molecule has 0 heterocycles. The predicted molar refractivity (Wildman–Crippen MR) is 133 cm³/mol. The number of benzene rings is 4. The first-order valence-electron chi connectivity index (χ1n) is 10.5. The fraction of sp³-hybridized carbons (Fsp3) is 0.115. The first-order valence-corrected chi connectivity index (χ1v) is 11.9. The molecule has 1 amide bonds. The SMILES string of the molecule is COc1ccc(C)cc1NS(=O)(=O)c1ccc(NC(=O)c2cc3ccccc3cc2OC)cc1. The molecule has 0 atom stereocenters. The molecule has 4 aromatic rings. The summed E-state index contributed by atoms with van der Waals surface area (Å²) in [4.78, 5) is 13.0. The third kappa shape index (κ3) is 4.82. The van der Waals surface area contributed by atoms with Crippen LogP contribution in [0.25, 0.3) is 10.8 Å². The number of anilines is 2. The number of rotatable bonds is 7. The Kier molecular flexibility index (Phi) is 6.43. The largest absolute Gasteiger partial charge is 0.496 e. The van der Waals surface area contributed by atoms with Crippen molar-refractivity contribution in [3.63, 3.8) is 0 Å². The van der Waals surface area contributed by atoms with E-state index in [0.29, 0.717) is 28.4 Å². The van der Waals surface area contributed by atoms with Gasteiger partial charge in [-0.25, -0.2) is 8.42 Å². The Balaban J connectivity index is 1.55. The normalized spacial score (nSPS) is 11.1. The smallest absolute Gasteiger partial charge is 0.262 e. The van der Waals surface area contributed by atoms with Crippen LogP contribution >= 0.6 is 0 Å².